The smallest absolute Gasteiger partial charge is 0.0888 e. The Hall–Kier alpha value is -6.84. The van der Waals surface area contributed by atoms with Gasteiger partial charge in [-0.25, -0.2) is 0 Å². The maximum atomic E-state index is 8.18. The Kier molecular flexibility index (Phi) is 14.4. The predicted octanol–water partition coefficient (Wildman–Crippen LogP) is 21.8. The number of halogens is 2. The molecule has 9 aromatic rings. The maximum absolute atomic E-state index is 8.18. The Morgan fingerprint density at radius 2 is 0.527 bits per heavy atom. The van der Waals surface area contributed by atoms with Crippen LogP contribution < -0.4 is 9.80 Å². The number of nitrogens with zero attached hydrogens (tertiary/aromatic N) is 2. The number of rotatable bonds is 10. The summed E-state index contributed by atoms with van der Waals surface area (Å²) in [4.78, 5) is 4.62. The highest BCUT2D eigenvalue weighted by Crippen LogP contribution is 2.51. The van der Waals surface area contributed by atoms with E-state index >= 15 is 0 Å². The van der Waals surface area contributed by atoms with Gasteiger partial charge in [0.15, 0.2) is 0 Å². The molecule has 9 rings (SSSR count). The van der Waals surface area contributed by atoms with Gasteiger partial charge in [-0.1, -0.05) is 252 Å². The van der Waals surface area contributed by atoms with Gasteiger partial charge >= 0.3 is 0 Å². The van der Waals surface area contributed by atoms with E-state index in [0.717, 1.165) is 45.3 Å². The molecule has 374 valence electrons. The third kappa shape index (κ3) is 11.1. The Bertz CT molecular complexity index is 3130. The third-order valence-corrected chi connectivity index (χ3v) is 14.8. The molecule has 0 heterocycles. The first kappa shape index (κ1) is 52.0. The lowest BCUT2D eigenvalue weighted by Gasteiger charge is -2.34. The van der Waals surface area contributed by atoms with E-state index in [4.69, 9.17) is 23.2 Å². The standard InChI is InChI=1S/C70H70Cl2N2/c1-67(2,3)51-39-52(68(4,5)6)42-58(41-51)73(56-35-31-49(32-36-56)62-29-21-19-27-60(62)47-23-15-13-16-24-47)64-45-55(71)46-65(66(64)72)74(59-43-53(69(7,8)9)40-54(44-59)70(10,11)12)57-37-33-50(34-38-57)63-30-22-20-28-61(63)48-25-17-14-18-26-48/h13-46H,1-12H3. The SMILES string of the molecule is CC(C)(C)c1cc(N(c2ccc(-c3ccccc3-c3ccccc3)cc2)c2cc(Cl)cc(N(c3ccc(-c4ccccc4-c4ccccc4)cc3)c3cc(C(C)(C)C)cc(C(C)(C)C)c3)c2Cl)cc(C(C)(C)C)c1. The highest BCUT2D eigenvalue weighted by molar-refractivity contribution is 6.38. The quantitative estimate of drug-likeness (QED) is 0.135. The molecule has 0 aliphatic heterocycles. The molecule has 0 unspecified atom stereocenters. The molecule has 0 radical (unpaired) electrons. The summed E-state index contributed by atoms with van der Waals surface area (Å²) in [7, 11) is 0. The van der Waals surface area contributed by atoms with Crippen molar-refractivity contribution in [3.05, 3.63) is 239 Å². The van der Waals surface area contributed by atoms with E-state index in [1.54, 1.807) is 0 Å². The van der Waals surface area contributed by atoms with Crippen LogP contribution in [0, 0.1) is 0 Å². The average Bonchev–Trinajstić information content (AvgIpc) is 3.38. The van der Waals surface area contributed by atoms with E-state index in [1.165, 1.54) is 55.6 Å². The second-order valence-corrected chi connectivity index (χ2v) is 24.7. The molecular formula is C70H70Cl2N2. The molecule has 0 spiro atoms. The van der Waals surface area contributed by atoms with Crippen LogP contribution in [0.1, 0.15) is 105 Å². The fraction of sp³-hybridized carbons (Fsp3) is 0.229. The summed E-state index contributed by atoms with van der Waals surface area (Å²) in [5, 5.41) is 1.14. The van der Waals surface area contributed by atoms with Crippen LogP contribution in [0.3, 0.4) is 0 Å². The van der Waals surface area contributed by atoms with Gasteiger partial charge in [0.2, 0.25) is 0 Å². The van der Waals surface area contributed by atoms with E-state index in [2.05, 4.69) is 287 Å². The minimum absolute atomic E-state index is 0.136. The fourth-order valence-corrected chi connectivity index (χ4v) is 10.2. The molecule has 0 bridgehead atoms. The van der Waals surface area contributed by atoms with Crippen LogP contribution in [0.4, 0.5) is 34.1 Å². The first-order valence-corrected chi connectivity index (χ1v) is 26.7. The van der Waals surface area contributed by atoms with Crippen molar-refractivity contribution in [2.45, 2.75) is 105 Å². The van der Waals surface area contributed by atoms with E-state index in [0.29, 0.717) is 10.0 Å². The summed E-state index contributed by atoms with van der Waals surface area (Å²) in [6.07, 6.45) is 0. The van der Waals surface area contributed by atoms with Crippen LogP contribution in [-0.4, -0.2) is 0 Å². The van der Waals surface area contributed by atoms with Gasteiger partial charge in [-0.15, -0.1) is 0 Å². The van der Waals surface area contributed by atoms with Crippen molar-refractivity contribution in [1.82, 2.24) is 0 Å². The van der Waals surface area contributed by atoms with Crippen LogP contribution in [-0.2, 0) is 21.7 Å². The zero-order chi connectivity index (χ0) is 52.7. The monoisotopic (exact) mass is 1010 g/mol. The molecule has 0 aliphatic carbocycles. The van der Waals surface area contributed by atoms with Crippen molar-refractivity contribution in [1.29, 1.82) is 0 Å². The predicted molar refractivity (Wildman–Crippen MR) is 322 cm³/mol. The van der Waals surface area contributed by atoms with E-state index < -0.39 is 0 Å². The van der Waals surface area contributed by atoms with Gasteiger partial charge in [-0.3, -0.25) is 0 Å². The van der Waals surface area contributed by atoms with Crippen LogP contribution in [0.25, 0.3) is 44.5 Å². The van der Waals surface area contributed by atoms with Gasteiger partial charge in [0.1, 0.15) is 0 Å². The van der Waals surface area contributed by atoms with Crippen molar-refractivity contribution >= 4 is 57.3 Å². The molecule has 4 heteroatoms. The molecule has 0 N–H and O–H groups in total. The van der Waals surface area contributed by atoms with Crippen molar-refractivity contribution in [2.75, 3.05) is 9.80 Å². The summed E-state index contributed by atoms with van der Waals surface area (Å²) in [5.74, 6) is 0. The van der Waals surface area contributed by atoms with Crippen molar-refractivity contribution in [3.63, 3.8) is 0 Å². The van der Waals surface area contributed by atoms with Gasteiger partial charge < -0.3 is 9.80 Å². The first-order valence-electron chi connectivity index (χ1n) is 26.0. The summed E-state index contributed by atoms with van der Waals surface area (Å²) < 4.78 is 0. The maximum Gasteiger partial charge on any atom is 0.0888 e. The Morgan fingerprint density at radius 1 is 0.270 bits per heavy atom. The second-order valence-electron chi connectivity index (χ2n) is 23.9. The highest BCUT2D eigenvalue weighted by atomic mass is 35.5. The van der Waals surface area contributed by atoms with E-state index in [1.807, 2.05) is 12.1 Å². The van der Waals surface area contributed by atoms with Gasteiger partial charge in [0, 0.05) is 27.8 Å². The normalized spacial score (nSPS) is 12.2. The Labute approximate surface area is 452 Å². The minimum Gasteiger partial charge on any atom is -0.309 e. The van der Waals surface area contributed by atoms with Crippen molar-refractivity contribution in [3.8, 4) is 44.5 Å². The number of hydrogen-bond donors (Lipinski definition) is 0. The summed E-state index contributed by atoms with van der Waals surface area (Å²) in [6, 6.07) is 74.5. The molecule has 2 nitrogen and oxygen atoms in total. The summed E-state index contributed by atoms with van der Waals surface area (Å²) in [5.41, 5.74) is 19.2. The van der Waals surface area contributed by atoms with Crippen LogP contribution in [0.15, 0.2) is 206 Å². The van der Waals surface area contributed by atoms with E-state index in [-0.39, 0.29) is 21.7 Å². The van der Waals surface area contributed by atoms with Gasteiger partial charge in [0.25, 0.3) is 0 Å². The molecule has 0 aromatic heterocycles. The molecule has 74 heavy (non-hydrogen) atoms. The molecule has 9 aromatic carbocycles. The van der Waals surface area contributed by atoms with E-state index in [9.17, 15) is 0 Å². The fourth-order valence-electron chi connectivity index (χ4n) is 9.74. The largest absolute Gasteiger partial charge is 0.309 e. The third-order valence-electron chi connectivity index (χ3n) is 14.2. The Morgan fingerprint density at radius 3 is 0.797 bits per heavy atom. The number of hydrogen-bond acceptors (Lipinski definition) is 2. The van der Waals surface area contributed by atoms with Crippen LogP contribution >= 0.6 is 23.2 Å². The second kappa shape index (κ2) is 20.5. The molecule has 0 amide bonds. The molecule has 0 saturated heterocycles. The lowest BCUT2D eigenvalue weighted by Crippen LogP contribution is -2.20. The highest BCUT2D eigenvalue weighted by Gasteiger charge is 2.29. The molecule has 0 saturated carbocycles. The van der Waals surface area contributed by atoms with Gasteiger partial charge in [-0.2, -0.15) is 0 Å². The van der Waals surface area contributed by atoms with Crippen LogP contribution in [0.5, 0.6) is 0 Å². The number of benzene rings is 9. The lowest BCUT2D eigenvalue weighted by molar-refractivity contribution is 0.568. The van der Waals surface area contributed by atoms with Crippen molar-refractivity contribution in [2.24, 2.45) is 0 Å². The van der Waals surface area contributed by atoms with Crippen molar-refractivity contribution < 1.29 is 0 Å². The first-order chi connectivity index (χ1) is 35.0. The molecular weight excluding hydrogens is 940 g/mol. The zero-order valence-electron chi connectivity index (χ0n) is 45.3. The van der Waals surface area contributed by atoms with Gasteiger partial charge in [0.05, 0.1) is 16.4 Å². The molecule has 0 atom stereocenters. The number of anilines is 6. The Balaban J connectivity index is 1.28. The lowest BCUT2D eigenvalue weighted by atomic mass is 9.80. The summed E-state index contributed by atoms with van der Waals surface area (Å²) in [6.45, 7) is 27.4. The zero-order valence-corrected chi connectivity index (χ0v) is 46.8. The molecule has 0 fully saturated rings. The minimum atomic E-state index is -0.136. The topological polar surface area (TPSA) is 6.48 Å². The van der Waals surface area contributed by atoms with Crippen LogP contribution in [0.2, 0.25) is 10.0 Å². The average molecular weight is 1010 g/mol. The molecule has 0 aliphatic rings. The van der Waals surface area contributed by atoms with Gasteiger partial charge in [-0.05, 0) is 149 Å². The summed E-state index contributed by atoms with van der Waals surface area (Å²) >= 11 is 15.7.